The molecule has 7 heteroatoms. The van der Waals surface area contributed by atoms with Crippen molar-refractivity contribution in [1.29, 1.82) is 0 Å². The maximum Gasteiger partial charge on any atom is 0.223 e. The third kappa shape index (κ3) is 4.40. The second kappa shape index (κ2) is 7.56. The molecule has 0 aliphatic carbocycles. The topological polar surface area (TPSA) is 86.7 Å². The van der Waals surface area contributed by atoms with E-state index in [4.69, 9.17) is 0 Å². The summed E-state index contributed by atoms with van der Waals surface area (Å²) in [7, 11) is -3.16. The number of piperidine rings is 1. The van der Waals surface area contributed by atoms with Gasteiger partial charge in [0.25, 0.3) is 0 Å². The highest BCUT2D eigenvalue weighted by Gasteiger charge is 2.34. The number of hydrogen-bond acceptors (Lipinski definition) is 4. The largest absolute Gasteiger partial charge is 0.394 e. The molecule has 1 aliphatic heterocycles. The molecule has 1 heterocycles. The van der Waals surface area contributed by atoms with E-state index in [1.807, 2.05) is 13.8 Å². The normalized spacial score (nSPS) is 18.7. The number of rotatable bonds is 7. The number of nitrogens with one attached hydrogen (secondary N) is 1. The first-order valence-electron chi connectivity index (χ1n) is 7.74. The molecule has 0 saturated carbocycles. The van der Waals surface area contributed by atoms with Gasteiger partial charge in [0.1, 0.15) is 0 Å². The van der Waals surface area contributed by atoms with Crippen LogP contribution in [0.4, 0.5) is 0 Å². The van der Waals surface area contributed by atoms with Crippen molar-refractivity contribution in [3.8, 4) is 0 Å². The molecule has 1 amide bonds. The number of amides is 1. The van der Waals surface area contributed by atoms with E-state index in [0.29, 0.717) is 38.8 Å². The predicted octanol–water partition coefficient (Wildman–Crippen LogP) is 0.715. The van der Waals surface area contributed by atoms with Crippen LogP contribution in [0.5, 0.6) is 0 Å². The molecule has 0 unspecified atom stereocenters. The Bertz CT molecular complexity index is 430. The molecule has 124 valence electrons. The monoisotopic (exact) mass is 320 g/mol. The molecular weight excluding hydrogens is 292 g/mol. The van der Waals surface area contributed by atoms with Gasteiger partial charge < -0.3 is 10.4 Å². The minimum absolute atomic E-state index is 0.0682. The fourth-order valence-corrected chi connectivity index (χ4v) is 3.76. The van der Waals surface area contributed by atoms with Crippen LogP contribution in [0.3, 0.4) is 0 Å². The van der Waals surface area contributed by atoms with Crippen molar-refractivity contribution in [3.05, 3.63) is 0 Å². The van der Waals surface area contributed by atoms with E-state index in [0.717, 1.165) is 0 Å². The van der Waals surface area contributed by atoms with Gasteiger partial charge in [-0.1, -0.05) is 13.8 Å². The summed E-state index contributed by atoms with van der Waals surface area (Å²) in [6.07, 6.45) is 2.43. The number of nitrogens with zero attached hydrogens (tertiary/aromatic N) is 1. The van der Waals surface area contributed by atoms with Crippen molar-refractivity contribution < 1.29 is 18.3 Å². The Hall–Kier alpha value is -0.660. The molecule has 2 N–H and O–H groups in total. The zero-order valence-electron chi connectivity index (χ0n) is 13.3. The van der Waals surface area contributed by atoms with E-state index in [9.17, 15) is 18.3 Å². The maximum atomic E-state index is 12.3. The molecule has 1 aliphatic rings. The first-order chi connectivity index (χ1) is 9.84. The van der Waals surface area contributed by atoms with Crippen LogP contribution in [0.1, 0.15) is 46.5 Å². The lowest BCUT2D eigenvalue weighted by Gasteiger charge is -2.35. The molecule has 21 heavy (non-hydrogen) atoms. The summed E-state index contributed by atoms with van der Waals surface area (Å²) < 4.78 is 25.0. The van der Waals surface area contributed by atoms with Crippen LogP contribution in [-0.2, 0) is 14.8 Å². The van der Waals surface area contributed by atoms with Gasteiger partial charge in [0.15, 0.2) is 0 Å². The number of aliphatic hydroxyl groups excluding tert-OH is 1. The lowest BCUT2D eigenvalue weighted by molar-refractivity contribution is -0.128. The fraction of sp³-hybridized carbons (Fsp3) is 0.929. The van der Waals surface area contributed by atoms with Crippen molar-refractivity contribution in [2.24, 2.45) is 5.92 Å². The molecule has 0 aromatic heterocycles. The number of aliphatic hydroxyl groups is 1. The Morgan fingerprint density at radius 1 is 1.24 bits per heavy atom. The minimum atomic E-state index is -3.16. The molecule has 0 atom stereocenters. The van der Waals surface area contributed by atoms with Gasteiger partial charge in [-0.25, -0.2) is 12.7 Å². The Kier molecular flexibility index (Phi) is 6.62. The molecule has 1 fully saturated rings. The number of hydrogen-bond donors (Lipinski definition) is 2. The zero-order chi connectivity index (χ0) is 16.1. The Morgan fingerprint density at radius 2 is 1.76 bits per heavy atom. The van der Waals surface area contributed by atoms with E-state index in [-0.39, 0.29) is 24.2 Å². The molecule has 0 radical (unpaired) electrons. The lowest BCUT2D eigenvalue weighted by Crippen LogP contribution is -2.53. The molecule has 6 nitrogen and oxygen atoms in total. The van der Waals surface area contributed by atoms with Crippen molar-refractivity contribution in [2.75, 3.05) is 25.4 Å². The standard InChI is InChI=1S/C14H28N2O4S/c1-4-14(5-2,11-17)15-13(18)12-7-9-16(10-8-12)21(19,20)6-3/h12,17H,4-11H2,1-3H3,(H,15,18). The van der Waals surface area contributed by atoms with Gasteiger partial charge in [0.05, 0.1) is 17.9 Å². The van der Waals surface area contributed by atoms with Crippen molar-refractivity contribution in [3.63, 3.8) is 0 Å². The molecule has 0 bridgehead atoms. The summed E-state index contributed by atoms with van der Waals surface area (Å²) >= 11 is 0. The number of carbonyl (C=O) groups excluding carboxylic acids is 1. The second-order valence-corrected chi connectivity index (χ2v) is 7.97. The molecule has 0 aromatic carbocycles. The molecule has 1 rings (SSSR count). The minimum Gasteiger partial charge on any atom is -0.394 e. The Morgan fingerprint density at radius 3 is 2.14 bits per heavy atom. The predicted molar refractivity (Wildman–Crippen MR) is 82.3 cm³/mol. The van der Waals surface area contributed by atoms with Crippen LogP contribution in [0, 0.1) is 5.92 Å². The van der Waals surface area contributed by atoms with Crippen LogP contribution < -0.4 is 5.32 Å². The number of carbonyl (C=O) groups is 1. The van der Waals surface area contributed by atoms with Gasteiger partial charge in [-0.2, -0.15) is 0 Å². The number of sulfonamides is 1. The summed E-state index contributed by atoms with van der Waals surface area (Å²) in [6.45, 7) is 6.24. The van der Waals surface area contributed by atoms with Gasteiger partial charge in [0, 0.05) is 19.0 Å². The zero-order valence-corrected chi connectivity index (χ0v) is 14.1. The summed E-state index contributed by atoms with van der Waals surface area (Å²) in [5.74, 6) is -0.137. The summed E-state index contributed by atoms with van der Waals surface area (Å²) in [4.78, 5) is 12.3. The van der Waals surface area contributed by atoms with Crippen molar-refractivity contribution in [1.82, 2.24) is 9.62 Å². The third-order valence-corrected chi connectivity index (χ3v) is 6.51. The van der Waals surface area contributed by atoms with Crippen LogP contribution in [0.25, 0.3) is 0 Å². The summed E-state index contributed by atoms with van der Waals surface area (Å²) in [5, 5.41) is 12.5. The maximum absolute atomic E-state index is 12.3. The van der Waals surface area contributed by atoms with Crippen molar-refractivity contribution in [2.45, 2.75) is 52.0 Å². The van der Waals surface area contributed by atoms with E-state index in [1.165, 1.54) is 4.31 Å². The van der Waals surface area contributed by atoms with E-state index in [1.54, 1.807) is 6.92 Å². The second-order valence-electron chi connectivity index (χ2n) is 5.71. The highest BCUT2D eigenvalue weighted by molar-refractivity contribution is 7.89. The summed E-state index contributed by atoms with van der Waals surface area (Å²) in [6, 6.07) is 0. The lowest BCUT2D eigenvalue weighted by atomic mass is 9.90. The molecule has 0 spiro atoms. The molecule has 0 aromatic rings. The van der Waals surface area contributed by atoms with E-state index in [2.05, 4.69) is 5.32 Å². The van der Waals surface area contributed by atoms with Gasteiger partial charge in [-0.05, 0) is 32.6 Å². The van der Waals surface area contributed by atoms with E-state index >= 15 is 0 Å². The van der Waals surface area contributed by atoms with Gasteiger partial charge >= 0.3 is 0 Å². The fourth-order valence-electron chi connectivity index (χ4n) is 2.63. The van der Waals surface area contributed by atoms with Crippen molar-refractivity contribution >= 4 is 15.9 Å². The Balaban J connectivity index is 2.60. The SMILES string of the molecule is CCC(CC)(CO)NC(=O)C1CCN(S(=O)(=O)CC)CC1. The smallest absolute Gasteiger partial charge is 0.223 e. The highest BCUT2D eigenvalue weighted by atomic mass is 32.2. The third-order valence-electron chi connectivity index (χ3n) is 4.63. The van der Waals surface area contributed by atoms with Gasteiger partial charge in [0.2, 0.25) is 15.9 Å². The summed E-state index contributed by atoms with van der Waals surface area (Å²) in [5.41, 5.74) is -0.552. The van der Waals surface area contributed by atoms with E-state index < -0.39 is 15.6 Å². The average molecular weight is 320 g/mol. The molecular formula is C14H28N2O4S. The van der Waals surface area contributed by atoms with Crippen LogP contribution in [0.15, 0.2) is 0 Å². The first-order valence-corrected chi connectivity index (χ1v) is 9.35. The molecule has 1 saturated heterocycles. The van der Waals surface area contributed by atoms with Crippen LogP contribution in [0.2, 0.25) is 0 Å². The average Bonchev–Trinajstić information content (AvgIpc) is 2.52. The highest BCUT2D eigenvalue weighted by Crippen LogP contribution is 2.22. The Labute approximate surface area is 128 Å². The van der Waals surface area contributed by atoms with Gasteiger partial charge in [-0.15, -0.1) is 0 Å². The quantitative estimate of drug-likeness (QED) is 0.723. The first kappa shape index (κ1) is 18.4. The van der Waals surface area contributed by atoms with Crippen LogP contribution >= 0.6 is 0 Å². The van der Waals surface area contributed by atoms with Crippen LogP contribution in [-0.4, -0.2) is 54.7 Å². The van der Waals surface area contributed by atoms with Gasteiger partial charge in [-0.3, -0.25) is 4.79 Å².